The Balaban J connectivity index is 2.00. The highest BCUT2D eigenvalue weighted by Gasteiger charge is 2.24. The van der Waals surface area contributed by atoms with Crippen molar-refractivity contribution in [2.75, 3.05) is 14.1 Å². The van der Waals surface area contributed by atoms with Crippen molar-refractivity contribution in [1.29, 1.82) is 0 Å². The highest BCUT2D eigenvalue weighted by atomic mass is 32.2. The van der Waals surface area contributed by atoms with Gasteiger partial charge in [0.05, 0.1) is 16.6 Å². The Morgan fingerprint density at radius 1 is 1.10 bits per heavy atom. The van der Waals surface area contributed by atoms with Gasteiger partial charge in [0.2, 0.25) is 10.0 Å². The molecule has 0 radical (unpaired) electrons. The zero-order valence-corrected chi connectivity index (χ0v) is 16.8. The van der Waals surface area contributed by atoms with Gasteiger partial charge in [-0.2, -0.15) is 0 Å². The molecule has 2 N–H and O–H groups in total. The molecule has 0 atom stereocenters. The van der Waals surface area contributed by atoms with E-state index in [0.717, 1.165) is 9.87 Å². The summed E-state index contributed by atoms with van der Waals surface area (Å²) < 4.78 is 26.4. The molecule has 4 aromatic rings. The van der Waals surface area contributed by atoms with E-state index in [2.05, 4.69) is 15.0 Å². The molecule has 0 bridgehead atoms. The largest absolute Gasteiger partial charge is 0.478 e. The van der Waals surface area contributed by atoms with Crippen molar-refractivity contribution in [3.05, 3.63) is 53.6 Å². The van der Waals surface area contributed by atoms with Crippen LogP contribution in [0, 0.1) is 6.92 Å². The van der Waals surface area contributed by atoms with Crippen LogP contribution in [0.1, 0.15) is 15.9 Å². The fourth-order valence-corrected chi connectivity index (χ4v) is 4.21. The standard InChI is InChI=1S/C20H18N4O4S/c1-11-7-8-14-12(9-11)10-13(20(25)26)17(21-14)19-22-15-5-4-6-16(18(15)23-19)29(27,28)24(2)3/h4-10H,1-3H3,(H,22,23)(H,25,26). The smallest absolute Gasteiger partial charge is 0.338 e. The molecule has 2 aromatic carbocycles. The number of aromatic amines is 1. The first-order valence-corrected chi connectivity index (χ1v) is 10.2. The fourth-order valence-electron chi connectivity index (χ4n) is 3.16. The maximum absolute atomic E-state index is 12.6. The molecular formula is C20H18N4O4S. The maximum atomic E-state index is 12.6. The second-order valence-corrected chi connectivity index (χ2v) is 9.03. The molecule has 2 heterocycles. The van der Waals surface area contributed by atoms with Crippen LogP contribution < -0.4 is 0 Å². The van der Waals surface area contributed by atoms with E-state index >= 15 is 0 Å². The second-order valence-electron chi connectivity index (χ2n) is 6.91. The van der Waals surface area contributed by atoms with Crippen LogP contribution in [0.5, 0.6) is 0 Å². The van der Waals surface area contributed by atoms with Crippen LogP contribution in [0.2, 0.25) is 0 Å². The molecular weight excluding hydrogens is 392 g/mol. The number of hydrogen-bond acceptors (Lipinski definition) is 5. The third-order valence-corrected chi connectivity index (χ3v) is 6.51. The van der Waals surface area contributed by atoms with Gasteiger partial charge in [0.25, 0.3) is 0 Å². The predicted molar refractivity (Wildman–Crippen MR) is 109 cm³/mol. The van der Waals surface area contributed by atoms with E-state index in [9.17, 15) is 18.3 Å². The lowest BCUT2D eigenvalue weighted by Crippen LogP contribution is -2.22. The van der Waals surface area contributed by atoms with Crippen LogP contribution in [0.4, 0.5) is 0 Å². The Bertz CT molecular complexity index is 1390. The Morgan fingerprint density at radius 3 is 2.55 bits per heavy atom. The molecule has 0 saturated carbocycles. The molecule has 29 heavy (non-hydrogen) atoms. The molecule has 0 aliphatic heterocycles. The van der Waals surface area contributed by atoms with Gasteiger partial charge in [-0.05, 0) is 37.3 Å². The summed E-state index contributed by atoms with van der Waals surface area (Å²) in [4.78, 5) is 23.8. The number of rotatable bonds is 4. The van der Waals surface area contributed by atoms with Crippen molar-refractivity contribution >= 4 is 37.9 Å². The van der Waals surface area contributed by atoms with E-state index < -0.39 is 16.0 Å². The molecule has 148 valence electrons. The Kier molecular flexibility index (Phi) is 4.36. The number of carboxylic acid groups (broad SMARTS) is 1. The lowest BCUT2D eigenvalue weighted by Gasteiger charge is -2.11. The van der Waals surface area contributed by atoms with Crippen molar-refractivity contribution in [2.24, 2.45) is 0 Å². The number of nitrogens with one attached hydrogen (secondary N) is 1. The molecule has 0 unspecified atom stereocenters. The highest BCUT2D eigenvalue weighted by Crippen LogP contribution is 2.29. The number of aryl methyl sites for hydroxylation is 1. The normalized spacial score (nSPS) is 12.1. The number of aromatic nitrogens is 3. The van der Waals surface area contributed by atoms with Gasteiger partial charge in [-0.15, -0.1) is 0 Å². The van der Waals surface area contributed by atoms with Crippen LogP contribution >= 0.6 is 0 Å². The first-order valence-electron chi connectivity index (χ1n) is 8.75. The number of carboxylic acids is 1. The second kappa shape index (κ2) is 6.64. The molecule has 2 aromatic heterocycles. The van der Waals surface area contributed by atoms with Gasteiger partial charge in [-0.1, -0.05) is 17.7 Å². The van der Waals surface area contributed by atoms with Crippen molar-refractivity contribution < 1.29 is 18.3 Å². The SMILES string of the molecule is Cc1ccc2nc(-c3nc4c(S(=O)(=O)N(C)C)cccc4[nH]3)c(C(=O)O)cc2c1. The van der Waals surface area contributed by atoms with Crippen LogP contribution in [0.15, 0.2) is 47.4 Å². The summed E-state index contributed by atoms with van der Waals surface area (Å²) in [5.74, 6) is -0.946. The molecule has 0 fully saturated rings. The fraction of sp³-hybridized carbons (Fsp3) is 0.150. The number of nitrogens with zero attached hydrogens (tertiary/aromatic N) is 3. The Morgan fingerprint density at radius 2 is 1.86 bits per heavy atom. The van der Waals surface area contributed by atoms with E-state index in [1.165, 1.54) is 20.2 Å². The van der Waals surface area contributed by atoms with E-state index in [1.54, 1.807) is 18.2 Å². The van der Waals surface area contributed by atoms with Gasteiger partial charge >= 0.3 is 5.97 Å². The summed E-state index contributed by atoms with van der Waals surface area (Å²) in [7, 11) is -0.841. The Hall–Kier alpha value is -3.30. The third-order valence-electron chi connectivity index (χ3n) is 4.66. The van der Waals surface area contributed by atoms with Gasteiger partial charge in [-0.25, -0.2) is 27.5 Å². The van der Waals surface area contributed by atoms with Crippen LogP contribution in [0.3, 0.4) is 0 Å². The van der Waals surface area contributed by atoms with Gasteiger partial charge in [0.1, 0.15) is 16.1 Å². The van der Waals surface area contributed by atoms with Crippen molar-refractivity contribution in [3.63, 3.8) is 0 Å². The minimum atomic E-state index is -3.72. The van der Waals surface area contributed by atoms with E-state index in [0.29, 0.717) is 16.4 Å². The van der Waals surface area contributed by atoms with Crippen LogP contribution in [0.25, 0.3) is 33.5 Å². The average Bonchev–Trinajstić information content (AvgIpc) is 3.10. The minimum Gasteiger partial charge on any atom is -0.478 e. The number of fused-ring (bicyclic) bond motifs is 2. The van der Waals surface area contributed by atoms with Gasteiger partial charge < -0.3 is 10.1 Å². The van der Waals surface area contributed by atoms with Crippen molar-refractivity contribution in [3.8, 4) is 11.5 Å². The summed E-state index contributed by atoms with van der Waals surface area (Å²) in [5, 5.41) is 10.4. The summed E-state index contributed by atoms with van der Waals surface area (Å²) in [6.07, 6.45) is 0. The van der Waals surface area contributed by atoms with Gasteiger partial charge in [-0.3, -0.25) is 0 Å². The molecule has 0 amide bonds. The van der Waals surface area contributed by atoms with Crippen molar-refractivity contribution in [2.45, 2.75) is 11.8 Å². The van der Waals surface area contributed by atoms with E-state index in [4.69, 9.17) is 0 Å². The maximum Gasteiger partial charge on any atom is 0.338 e. The van der Waals surface area contributed by atoms with Gasteiger partial charge in [0.15, 0.2) is 5.82 Å². The molecule has 8 nitrogen and oxygen atoms in total. The predicted octanol–water partition coefficient (Wildman–Crippen LogP) is 3.04. The van der Waals surface area contributed by atoms with Crippen LogP contribution in [-0.4, -0.2) is 52.8 Å². The van der Waals surface area contributed by atoms with Gasteiger partial charge in [0, 0.05) is 19.5 Å². The van der Waals surface area contributed by atoms with E-state index in [-0.39, 0.29) is 27.5 Å². The number of pyridine rings is 1. The minimum absolute atomic E-state index is 0.0147. The molecule has 0 saturated heterocycles. The van der Waals surface area contributed by atoms with E-state index in [1.807, 2.05) is 25.1 Å². The van der Waals surface area contributed by atoms with Crippen molar-refractivity contribution in [1.82, 2.24) is 19.3 Å². The molecule has 0 aliphatic carbocycles. The summed E-state index contributed by atoms with van der Waals surface area (Å²) >= 11 is 0. The number of hydrogen-bond donors (Lipinski definition) is 2. The number of H-pyrrole nitrogens is 1. The highest BCUT2D eigenvalue weighted by molar-refractivity contribution is 7.89. The summed E-state index contributed by atoms with van der Waals surface area (Å²) in [6.45, 7) is 1.92. The first kappa shape index (κ1) is 19.0. The Labute approximate surface area is 166 Å². The zero-order chi connectivity index (χ0) is 20.9. The first-order chi connectivity index (χ1) is 13.7. The topological polar surface area (TPSA) is 116 Å². The van der Waals surface area contributed by atoms with Crippen LogP contribution in [-0.2, 0) is 10.0 Å². The number of imidazole rings is 1. The lowest BCUT2D eigenvalue weighted by atomic mass is 10.1. The average molecular weight is 410 g/mol. The number of sulfonamides is 1. The quantitative estimate of drug-likeness (QED) is 0.534. The number of benzene rings is 2. The molecule has 0 spiro atoms. The monoisotopic (exact) mass is 410 g/mol. The number of carbonyl (C=O) groups is 1. The third kappa shape index (κ3) is 3.14. The molecule has 9 heteroatoms. The zero-order valence-electron chi connectivity index (χ0n) is 16.0. The number of para-hydroxylation sites is 1. The summed E-state index contributed by atoms with van der Waals surface area (Å²) in [5.41, 5.74) is 2.46. The summed E-state index contributed by atoms with van der Waals surface area (Å²) in [6, 6.07) is 11.9. The number of aromatic carboxylic acids is 1. The lowest BCUT2D eigenvalue weighted by molar-refractivity contribution is 0.0697. The molecule has 0 aliphatic rings. The molecule has 4 rings (SSSR count).